The molecule has 2 fully saturated rings. The molecule has 0 bridgehead atoms. The van der Waals surface area contributed by atoms with Gasteiger partial charge in [-0.25, -0.2) is 0 Å². The summed E-state index contributed by atoms with van der Waals surface area (Å²) in [6.07, 6.45) is 1.37. The molecule has 1 aromatic heterocycles. The van der Waals surface area contributed by atoms with Crippen LogP contribution in [0.25, 0.3) is 0 Å². The molecule has 2 heterocycles. The van der Waals surface area contributed by atoms with Crippen molar-refractivity contribution in [1.82, 2.24) is 15.1 Å². The molecule has 0 spiro atoms. The van der Waals surface area contributed by atoms with E-state index in [1.807, 2.05) is 53.4 Å². The van der Waals surface area contributed by atoms with Crippen molar-refractivity contribution in [3.63, 3.8) is 0 Å². The van der Waals surface area contributed by atoms with Gasteiger partial charge in [-0.15, -0.1) is 10.2 Å². The zero-order valence-corrected chi connectivity index (χ0v) is 19.1. The van der Waals surface area contributed by atoms with E-state index >= 15 is 0 Å². The lowest BCUT2D eigenvalue weighted by Crippen LogP contribution is -2.52. The predicted octanol–water partition coefficient (Wildman–Crippen LogP) is 5.35. The van der Waals surface area contributed by atoms with Gasteiger partial charge in [0.2, 0.25) is 11.8 Å². The van der Waals surface area contributed by atoms with Gasteiger partial charge in [0.25, 0.3) is 5.91 Å². The van der Waals surface area contributed by atoms with Crippen LogP contribution in [0.3, 0.4) is 0 Å². The number of hydrogen-bond donors (Lipinski definition) is 0. The number of halogens is 2. The van der Waals surface area contributed by atoms with Crippen LogP contribution in [-0.2, 0) is 16.0 Å². The summed E-state index contributed by atoms with van der Waals surface area (Å²) >= 11 is 12.5. The van der Waals surface area contributed by atoms with Crippen LogP contribution in [0.4, 0.5) is 0 Å². The van der Waals surface area contributed by atoms with Gasteiger partial charge < -0.3 is 14.1 Å². The molecule has 1 saturated carbocycles. The van der Waals surface area contributed by atoms with Gasteiger partial charge in [-0.05, 0) is 54.2 Å². The van der Waals surface area contributed by atoms with Crippen molar-refractivity contribution in [3.8, 4) is 0 Å². The van der Waals surface area contributed by atoms with Crippen LogP contribution >= 0.6 is 23.2 Å². The van der Waals surface area contributed by atoms with Crippen LogP contribution in [-0.4, -0.2) is 33.7 Å². The lowest BCUT2D eigenvalue weighted by Gasteiger charge is -2.45. The molecule has 3 aromatic rings. The van der Waals surface area contributed by atoms with E-state index in [1.165, 1.54) is 0 Å². The number of hydrogen-bond acceptors (Lipinski definition) is 5. The van der Waals surface area contributed by atoms with Gasteiger partial charge >= 0.3 is 0 Å². The van der Waals surface area contributed by atoms with Crippen LogP contribution in [0.15, 0.2) is 52.9 Å². The molecule has 2 aromatic carbocycles. The van der Waals surface area contributed by atoms with Crippen molar-refractivity contribution < 1.29 is 13.9 Å². The van der Waals surface area contributed by atoms with E-state index in [0.717, 1.165) is 24.0 Å². The first kappa shape index (κ1) is 21.4. The summed E-state index contributed by atoms with van der Waals surface area (Å²) in [5.41, 5.74) is 1.89. The summed E-state index contributed by atoms with van der Waals surface area (Å²) < 4.78 is 12.0. The van der Waals surface area contributed by atoms with Gasteiger partial charge in [0.15, 0.2) is 0 Å². The van der Waals surface area contributed by atoms with E-state index in [4.69, 9.17) is 32.4 Å². The highest BCUT2D eigenvalue weighted by Crippen LogP contribution is 2.45. The Morgan fingerprint density at radius 1 is 1.03 bits per heavy atom. The molecular weight excluding hydrogens is 449 g/mol. The summed E-state index contributed by atoms with van der Waals surface area (Å²) in [5.74, 6) is 1.30. The van der Waals surface area contributed by atoms with Gasteiger partial charge in [0.05, 0.1) is 12.5 Å². The normalized spacial score (nSPS) is 23.5. The van der Waals surface area contributed by atoms with Crippen LogP contribution in [0.2, 0.25) is 10.0 Å². The number of ether oxygens (including phenoxy) is 1. The van der Waals surface area contributed by atoms with Crippen molar-refractivity contribution in [2.45, 2.75) is 44.4 Å². The fourth-order valence-corrected chi connectivity index (χ4v) is 4.58. The average Bonchev–Trinajstić information content (AvgIpc) is 3.50. The third-order valence-corrected chi connectivity index (χ3v) is 6.45. The van der Waals surface area contributed by atoms with E-state index in [-0.39, 0.29) is 18.4 Å². The molecular formula is C24H23Cl2N3O3. The number of carbonyl (C=O) groups is 1. The van der Waals surface area contributed by atoms with Crippen molar-refractivity contribution in [2.75, 3.05) is 6.54 Å². The minimum atomic E-state index is -0.721. The van der Waals surface area contributed by atoms with Crippen molar-refractivity contribution in [3.05, 3.63) is 81.5 Å². The molecule has 0 N–H and O–H groups in total. The fourth-order valence-electron chi connectivity index (χ4n) is 4.25. The Labute approximate surface area is 196 Å². The maximum atomic E-state index is 13.7. The van der Waals surface area contributed by atoms with Crippen molar-refractivity contribution in [1.29, 1.82) is 0 Å². The quantitative estimate of drug-likeness (QED) is 0.484. The average molecular weight is 472 g/mol. The summed E-state index contributed by atoms with van der Waals surface area (Å²) in [4.78, 5) is 15.6. The molecule has 3 atom stereocenters. The molecule has 6 nitrogen and oxygen atoms in total. The number of benzene rings is 2. The number of aryl methyl sites for hydroxylation is 1. The fraction of sp³-hybridized carbons (Fsp3) is 0.375. The monoisotopic (exact) mass is 471 g/mol. The Morgan fingerprint density at radius 2 is 1.81 bits per heavy atom. The number of amides is 1. The maximum absolute atomic E-state index is 13.7. The Kier molecular flexibility index (Phi) is 5.93. The number of morpholine rings is 1. The van der Waals surface area contributed by atoms with Gasteiger partial charge in [-0.3, -0.25) is 4.79 Å². The van der Waals surface area contributed by atoms with Crippen molar-refractivity contribution >= 4 is 29.1 Å². The molecule has 166 valence electrons. The number of rotatable bonds is 6. The highest BCUT2D eigenvalue weighted by atomic mass is 35.5. The second-order valence-electron chi connectivity index (χ2n) is 8.45. The van der Waals surface area contributed by atoms with E-state index in [0.29, 0.717) is 34.3 Å². The zero-order chi connectivity index (χ0) is 22.2. The Balaban J connectivity index is 1.56. The van der Waals surface area contributed by atoms with Crippen LogP contribution in [0.1, 0.15) is 47.9 Å². The first-order valence-electron chi connectivity index (χ1n) is 10.7. The third-order valence-electron chi connectivity index (χ3n) is 5.96. The van der Waals surface area contributed by atoms with E-state index < -0.39 is 12.2 Å². The van der Waals surface area contributed by atoms with Crippen LogP contribution < -0.4 is 0 Å². The highest BCUT2D eigenvalue weighted by Gasteiger charge is 2.46. The maximum Gasteiger partial charge on any atom is 0.252 e. The number of aromatic nitrogens is 2. The second-order valence-corrected chi connectivity index (χ2v) is 9.32. The molecule has 8 heteroatoms. The summed E-state index contributed by atoms with van der Waals surface area (Å²) in [6.45, 7) is 2.41. The Bertz CT molecular complexity index is 1110. The largest absolute Gasteiger partial charge is 0.425 e. The van der Waals surface area contributed by atoms with E-state index in [9.17, 15) is 4.79 Å². The van der Waals surface area contributed by atoms with Gasteiger partial charge in [0, 0.05) is 23.5 Å². The number of nitrogens with zero attached hydrogens (tertiary/aromatic N) is 3. The number of carbonyl (C=O) groups excluding carboxylic acids is 1. The topological polar surface area (TPSA) is 68.5 Å². The minimum absolute atomic E-state index is 0.0639. The summed E-state index contributed by atoms with van der Waals surface area (Å²) in [7, 11) is 0. The lowest BCUT2D eigenvalue weighted by molar-refractivity contribution is -0.175. The summed E-state index contributed by atoms with van der Waals surface area (Å²) in [6, 6.07) is 14.9. The van der Waals surface area contributed by atoms with Gasteiger partial charge in [-0.2, -0.15) is 0 Å². The van der Waals surface area contributed by atoms with Gasteiger partial charge in [0.1, 0.15) is 12.2 Å². The van der Waals surface area contributed by atoms with Crippen LogP contribution in [0, 0.1) is 12.8 Å². The third kappa shape index (κ3) is 4.53. The molecule has 2 aliphatic rings. The molecule has 32 heavy (non-hydrogen) atoms. The smallest absolute Gasteiger partial charge is 0.252 e. The minimum Gasteiger partial charge on any atom is -0.425 e. The molecule has 5 rings (SSSR count). The first-order valence-corrected chi connectivity index (χ1v) is 11.5. The van der Waals surface area contributed by atoms with Gasteiger partial charge in [-0.1, -0.05) is 47.5 Å². The predicted molar refractivity (Wildman–Crippen MR) is 120 cm³/mol. The molecule has 1 aliphatic carbocycles. The SMILES string of the molecule is Cc1nnc(C[C@H]2O[C@H](c3cccc(Cl)c3)[C@H](c3ccc(Cl)cc3)N(CC3CC3)C2=O)o1. The zero-order valence-electron chi connectivity index (χ0n) is 17.6. The lowest BCUT2D eigenvalue weighted by atomic mass is 9.91. The standard InChI is InChI=1S/C24H23Cl2N3O3/c1-14-27-28-21(31-14)12-20-24(30)29(13-15-5-6-15)22(16-7-9-18(25)10-8-16)23(32-20)17-3-2-4-19(26)11-17/h2-4,7-11,15,20,22-23H,5-6,12-13H2,1H3/t20-,22+,23-/m1/s1. The molecule has 0 unspecified atom stereocenters. The highest BCUT2D eigenvalue weighted by molar-refractivity contribution is 6.30. The van der Waals surface area contributed by atoms with Crippen molar-refractivity contribution in [2.24, 2.45) is 5.92 Å². The summed E-state index contributed by atoms with van der Waals surface area (Å²) in [5, 5.41) is 9.22. The second kappa shape index (κ2) is 8.85. The molecule has 0 radical (unpaired) electrons. The molecule has 1 amide bonds. The Hall–Kier alpha value is -2.41. The van der Waals surface area contributed by atoms with E-state index in [2.05, 4.69) is 10.2 Å². The Morgan fingerprint density at radius 3 is 2.47 bits per heavy atom. The molecule has 1 aliphatic heterocycles. The molecule has 1 saturated heterocycles. The first-order chi connectivity index (χ1) is 15.5. The van der Waals surface area contributed by atoms with Crippen LogP contribution in [0.5, 0.6) is 0 Å². The van der Waals surface area contributed by atoms with E-state index in [1.54, 1.807) is 6.92 Å².